The number of carbonyl (C=O) groups excluding carboxylic acids is 2. The molecule has 0 radical (unpaired) electrons. The summed E-state index contributed by atoms with van der Waals surface area (Å²) in [5, 5.41) is 5.71. The molecular weight excluding hydrogens is 443 g/mol. The maximum atomic E-state index is 12.7. The Balaban J connectivity index is 2.10. The van der Waals surface area contributed by atoms with E-state index in [-0.39, 0.29) is 17.7 Å². The van der Waals surface area contributed by atoms with Crippen LogP contribution in [0.25, 0.3) is 0 Å². The van der Waals surface area contributed by atoms with E-state index in [0.717, 1.165) is 9.13 Å². The zero-order chi connectivity index (χ0) is 19.3. The lowest BCUT2D eigenvalue weighted by Crippen LogP contribution is -2.47. The van der Waals surface area contributed by atoms with Crippen LogP contribution in [0.3, 0.4) is 0 Å². The fraction of sp³-hybridized carbons (Fsp3) is 0.300. The number of aryl methyl sites for hydroxylation is 1. The van der Waals surface area contributed by atoms with E-state index in [4.69, 9.17) is 4.74 Å². The molecule has 2 aromatic carbocycles. The number of halogens is 1. The molecule has 2 N–H and O–H groups in total. The van der Waals surface area contributed by atoms with E-state index in [2.05, 4.69) is 33.2 Å². The van der Waals surface area contributed by atoms with Gasteiger partial charge in [-0.25, -0.2) is 0 Å². The highest BCUT2D eigenvalue weighted by molar-refractivity contribution is 14.1. The van der Waals surface area contributed by atoms with Crippen LogP contribution in [-0.4, -0.2) is 25.0 Å². The minimum atomic E-state index is -0.636. The average molecular weight is 466 g/mol. The number of anilines is 1. The number of nitrogens with one attached hydrogen (secondary N) is 2. The average Bonchev–Trinajstić information content (AvgIpc) is 2.62. The van der Waals surface area contributed by atoms with Crippen molar-refractivity contribution in [3.63, 3.8) is 0 Å². The third-order valence-corrected chi connectivity index (χ3v) is 5.19. The van der Waals surface area contributed by atoms with Gasteiger partial charge in [-0.3, -0.25) is 9.59 Å². The van der Waals surface area contributed by atoms with Crippen molar-refractivity contribution >= 4 is 40.1 Å². The number of ether oxygens (including phenoxy) is 1. The highest BCUT2D eigenvalue weighted by Gasteiger charge is 2.25. The number of carbonyl (C=O) groups is 2. The smallest absolute Gasteiger partial charge is 0.251 e. The zero-order valence-corrected chi connectivity index (χ0v) is 17.5. The monoisotopic (exact) mass is 466 g/mol. The molecule has 1 unspecified atom stereocenters. The molecule has 2 amide bonds. The van der Waals surface area contributed by atoms with Gasteiger partial charge in [-0.1, -0.05) is 19.9 Å². The SMILES string of the molecule is COc1ccc(C(=O)NC(C(=O)Nc2ccc(C)c(I)c2)C(C)C)cc1. The molecule has 0 saturated carbocycles. The molecule has 0 aromatic heterocycles. The molecule has 138 valence electrons. The lowest BCUT2D eigenvalue weighted by molar-refractivity contribution is -0.118. The van der Waals surface area contributed by atoms with Gasteiger partial charge in [0.05, 0.1) is 7.11 Å². The van der Waals surface area contributed by atoms with Gasteiger partial charge in [-0.05, 0) is 77.4 Å². The Morgan fingerprint density at radius 2 is 1.73 bits per heavy atom. The minimum Gasteiger partial charge on any atom is -0.497 e. The lowest BCUT2D eigenvalue weighted by atomic mass is 10.0. The van der Waals surface area contributed by atoms with Crippen molar-refractivity contribution < 1.29 is 14.3 Å². The largest absolute Gasteiger partial charge is 0.497 e. The van der Waals surface area contributed by atoms with Crippen molar-refractivity contribution in [1.82, 2.24) is 5.32 Å². The normalized spacial score (nSPS) is 11.8. The number of methoxy groups -OCH3 is 1. The predicted octanol–water partition coefficient (Wildman–Crippen LogP) is 4.00. The summed E-state index contributed by atoms with van der Waals surface area (Å²) in [6.07, 6.45) is 0. The molecular formula is C20H23IN2O3. The third-order valence-electron chi connectivity index (χ3n) is 4.03. The highest BCUT2D eigenvalue weighted by atomic mass is 127. The maximum absolute atomic E-state index is 12.7. The van der Waals surface area contributed by atoms with Crippen LogP contribution in [0.1, 0.15) is 29.8 Å². The molecule has 0 aliphatic heterocycles. The van der Waals surface area contributed by atoms with Gasteiger partial charge in [0.15, 0.2) is 0 Å². The Bertz CT molecular complexity index is 788. The summed E-state index contributed by atoms with van der Waals surface area (Å²) in [5.41, 5.74) is 2.35. The second-order valence-corrected chi connectivity index (χ2v) is 7.54. The minimum absolute atomic E-state index is 0.0540. The lowest BCUT2D eigenvalue weighted by Gasteiger charge is -2.22. The second-order valence-electron chi connectivity index (χ2n) is 6.38. The van der Waals surface area contributed by atoms with Crippen molar-refractivity contribution in [2.45, 2.75) is 26.8 Å². The molecule has 0 fully saturated rings. The molecule has 0 bridgehead atoms. The molecule has 0 aliphatic rings. The van der Waals surface area contributed by atoms with Crippen molar-refractivity contribution in [3.8, 4) is 5.75 Å². The molecule has 5 nitrogen and oxygen atoms in total. The van der Waals surface area contributed by atoms with Crippen molar-refractivity contribution in [2.24, 2.45) is 5.92 Å². The topological polar surface area (TPSA) is 67.4 Å². The van der Waals surface area contributed by atoms with Gasteiger partial charge < -0.3 is 15.4 Å². The van der Waals surface area contributed by atoms with Gasteiger partial charge >= 0.3 is 0 Å². The molecule has 6 heteroatoms. The third kappa shape index (κ3) is 5.20. The van der Waals surface area contributed by atoms with E-state index in [1.807, 2.05) is 39.0 Å². The zero-order valence-electron chi connectivity index (χ0n) is 15.3. The Labute approximate surface area is 167 Å². The van der Waals surface area contributed by atoms with Crippen molar-refractivity contribution in [2.75, 3.05) is 12.4 Å². The number of hydrogen-bond acceptors (Lipinski definition) is 3. The van der Waals surface area contributed by atoms with Gasteiger partial charge in [0.25, 0.3) is 5.91 Å². The van der Waals surface area contributed by atoms with Crippen LogP contribution in [0, 0.1) is 16.4 Å². The highest BCUT2D eigenvalue weighted by Crippen LogP contribution is 2.18. The molecule has 0 heterocycles. The number of amides is 2. The first-order valence-electron chi connectivity index (χ1n) is 8.33. The fourth-order valence-corrected chi connectivity index (χ4v) is 2.91. The van der Waals surface area contributed by atoms with Crippen LogP contribution in [0.5, 0.6) is 5.75 Å². The number of benzene rings is 2. The van der Waals surface area contributed by atoms with Crippen LogP contribution in [-0.2, 0) is 4.79 Å². The van der Waals surface area contributed by atoms with Gasteiger partial charge in [0.2, 0.25) is 5.91 Å². The maximum Gasteiger partial charge on any atom is 0.251 e. The number of hydrogen-bond donors (Lipinski definition) is 2. The van der Waals surface area contributed by atoms with Gasteiger partial charge in [-0.2, -0.15) is 0 Å². The molecule has 0 spiro atoms. The van der Waals surface area contributed by atoms with Crippen LogP contribution in [0.15, 0.2) is 42.5 Å². The molecule has 26 heavy (non-hydrogen) atoms. The standard InChI is InChI=1S/C20H23IN2O3/c1-12(2)18(20(25)22-15-8-5-13(3)17(21)11-15)23-19(24)14-6-9-16(26-4)10-7-14/h5-12,18H,1-4H3,(H,22,25)(H,23,24). The predicted molar refractivity (Wildman–Crippen MR) is 112 cm³/mol. The van der Waals surface area contributed by atoms with Crippen LogP contribution in [0.2, 0.25) is 0 Å². The molecule has 2 rings (SSSR count). The summed E-state index contributed by atoms with van der Waals surface area (Å²) in [7, 11) is 1.57. The second kappa shape index (κ2) is 9.02. The van der Waals surface area contributed by atoms with E-state index < -0.39 is 6.04 Å². The first-order valence-corrected chi connectivity index (χ1v) is 9.41. The Kier molecular flexibility index (Phi) is 7.02. The summed E-state index contributed by atoms with van der Waals surface area (Å²) < 4.78 is 6.17. The van der Waals surface area contributed by atoms with E-state index in [1.165, 1.54) is 0 Å². The van der Waals surface area contributed by atoms with Gasteiger partial charge in [0, 0.05) is 14.8 Å². The van der Waals surface area contributed by atoms with E-state index >= 15 is 0 Å². The summed E-state index contributed by atoms with van der Waals surface area (Å²) in [6, 6.07) is 11.9. The first-order chi connectivity index (χ1) is 12.3. The molecule has 0 saturated heterocycles. The fourth-order valence-electron chi connectivity index (χ4n) is 2.39. The molecule has 1 atom stereocenters. The molecule has 0 aliphatic carbocycles. The Morgan fingerprint density at radius 1 is 1.08 bits per heavy atom. The van der Waals surface area contributed by atoms with E-state index in [9.17, 15) is 9.59 Å². The van der Waals surface area contributed by atoms with Crippen LogP contribution < -0.4 is 15.4 Å². The summed E-state index contributed by atoms with van der Waals surface area (Å²) in [4.78, 5) is 25.2. The Morgan fingerprint density at radius 3 is 2.27 bits per heavy atom. The van der Waals surface area contributed by atoms with Gasteiger partial charge in [0.1, 0.15) is 11.8 Å². The number of rotatable bonds is 6. The first kappa shape index (κ1) is 20.2. The summed E-state index contributed by atoms with van der Waals surface area (Å²) in [6.45, 7) is 5.81. The van der Waals surface area contributed by atoms with Crippen LogP contribution >= 0.6 is 22.6 Å². The van der Waals surface area contributed by atoms with E-state index in [1.54, 1.807) is 31.4 Å². The van der Waals surface area contributed by atoms with Crippen LogP contribution in [0.4, 0.5) is 5.69 Å². The van der Waals surface area contributed by atoms with E-state index in [0.29, 0.717) is 17.0 Å². The Hall–Kier alpha value is -2.09. The molecule has 2 aromatic rings. The summed E-state index contributed by atoms with van der Waals surface area (Å²) >= 11 is 2.23. The summed E-state index contributed by atoms with van der Waals surface area (Å²) in [5.74, 6) is 0.0944. The quantitative estimate of drug-likeness (QED) is 0.633. The van der Waals surface area contributed by atoms with Crippen molar-refractivity contribution in [1.29, 1.82) is 0 Å². The van der Waals surface area contributed by atoms with Gasteiger partial charge in [-0.15, -0.1) is 0 Å². The van der Waals surface area contributed by atoms with Crippen molar-refractivity contribution in [3.05, 3.63) is 57.2 Å².